The van der Waals surface area contributed by atoms with Crippen LogP contribution in [0.3, 0.4) is 0 Å². The zero-order valence-corrected chi connectivity index (χ0v) is 11.6. The standard InChI is InChI=1S/C11H12ClN3O3S/c1-7-10(6-16)11(14-13-7)19(17,18)15-9-4-2-3-8(12)5-9/h2-5,15-16H,6H2,1H3,(H,13,14). The smallest absolute Gasteiger partial charge is 0.281 e. The van der Waals surface area contributed by atoms with E-state index in [-0.39, 0.29) is 10.6 Å². The number of hydrogen-bond acceptors (Lipinski definition) is 4. The lowest BCUT2D eigenvalue weighted by atomic mass is 10.3. The number of rotatable bonds is 4. The number of aliphatic hydroxyl groups excluding tert-OH is 1. The lowest BCUT2D eigenvalue weighted by Crippen LogP contribution is -2.15. The van der Waals surface area contributed by atoms with E-state index < -0.39 is 16.6 Å². The van der Waals surface area contributed by atoms with Crippen LogP contribution in [0.4, 0.5) is 5.69 Å². The second kappa shape index (κ2) is 5.20. The Hall–Kier alpha value is -1.57. The molecule has 0 radical (unpaired) electrons. The zero-order chi connectivity index (χ0) is 14.0. The van der Waals surface area contributed by atoms with E-state index in [1.165, 1.54) is 6.07 Å². The first-order valence-corrected chi connectivity index (χ1v) is 7.23. The molecule has 19 heavy (non-hydrogen) atoms. The third kappa shape index (κ3) is 2.89. The van der Waals surface area contributed by atoms with Gasteiger partial charge in [0.2, 0.25) is 5.03 Å². The van der Waals surface area contributed by atoms with E-state index in [4.69, 9.17) is 11.6 Å². The van der Waals surface area contributed by atoms with Gasteiger partial charge in [0.15, 0.2) is 0 Å². The number of H-pyrrole nitrogens is 1. The molecule has 2 aromatic rings. The molecule has 0 atom stereocenters. The van der Waals surface area contributed by atoms with Gasteiger partial charge in [0.25, 0.3) is 10.0 Å². The minimum atomic E-state index is -3.86. The average Bonchev–Trinajstić information content (AvgIpc) is 2.70. The van der Waals surface area contributed by atoms with E-state index in [1.54, 1.807) is 25.1 Å². The van der Waals surface area contributed by atoms with E-state index in [2.05, 4.69) is 14.9 Å². The van der Waals surface area contributed by atoms with Crippen LogP contribution in [0.2, 0.25) is 5.02 Å². The van der Waals surface area contributed by atoms with Crippen LogP contribution in [-0.4, -0.2) is 23.7 Å². The number of aliphatic hydroxyl groups is 1. The van der Waals surface area contributed by atoms with Crippen LogP contribution in [0, 0.1) is 6.92 Å². The molecule has 0 saturated carbocycles. The Labute approximate surface area is 115 Å². The fraction of sp³-hybridized carbons (Fsp3) is 0.182. The van der Waals surface area contributed by atoms with Gasteiger partial charge < -0.3 is 5.11 Å². The molecular weight excluding hydrogens is 290 g/mol. The largest absolute Gasteiger partial charge is 0.392 e. The van der Waals surface area contributed by atoms with E-state index in [0.29, 0.717) is 16.4 Å². The van der Waals surface area contributed by atoms with Crippen molar-refractivity contribution >= 4 is 27.3 Å². The summed E-state index contributed by atoms with van der Waals surface area (Å²) in [5.41, 5.74) is 1.08. The molecule has 0 aliphatic carbocycles. The third-order valence-corrected chi connectivity index (χ3v) is 4.11. The van der Waals surface area contributed by atoms with Crippen molar-refractivity contribution in [1.29, 1.82) is 0 Å². The number of halogens is 1. The number of sulfonamides is 1. The summed E-state index contributed by atoms with van der Waals surface area (Å²) in [5, 5.41) is 15.6. The monoisotopic (exact) mass is 301 g/mol. The first-order chi connectivity index (χ1) is 8.94. The molecule has 1 aromatic carbocycles. The number of aromatic nitrogens is 2. The van der Waals surface area contributed by atoms with Crippen LogP contribution in [0.5, 0.6) is 0 Å². The van der Waals surface area contributed by atoms with Crippen molar-refractivity contribution in [3.63, 3.8) is 0 Å². The molecule has 0 amide bonds. The van der Waals surface area contributed by atoms with Crippen LogP contribution in [0.25, 0.3) is 0 Å². The summed E-state index contributed by atoms with van der Waals surface area (Å²) >= 11 is 5.79. The molecule has 0 bridgehead atoms. The Morgan fingerprint density at radius 2 is 2.21 bits per heavy atom. The van der Waals surface area contributed by atoms with Gasteiger partial charge in [-0.05, 0) is 25.1 Å². The molecule has 0 spiro atoms. The summed E-state index contributed by atoms with van der Waals surface area (Å²) in [7, 11) is -3.86. The number of aromatic amines is 1. The minimum Gasteiger partial charge on any atom is -0.392 e. The predicted octanol–water partition coefficient (Wildman–Crippen LogP) is 1.66. The maximum atomic E-state index is 12.2. The highest BCUT2D eigenvalue weighted by atomic mass is 35.5. The van der Waals surface area contributed by atoms with E-state index in [0.717, 1.165) is 0 Å². The first kappa shape index (κ1) is 13.9. The van der Waals surface area contributed by atoms with E-state index in [1.807, 2.05) is 0 Å². The quantitative estimate of drug-likeness (QED) is 0.800. The fourth-order valence-corrected chi connectivity index (χ4v) is 3.03. The van der Waals surface area contributed by atoms with Gasteiger partial charge in [-0.25, -0.2) is 0 Å². The molecule has 3 N–H and O–H groups in total. The van der Waals surface area contributed by atoms with Gasteiger partial charge in [-0.3, -0.25) is 9.82 Å². The number of aryl methyl sites for hydroxylation is 1. The number of benzene rings is 1. The maximum Gasteiger partial charge on any atom is 0.281 e. The summed E-state index contributed by atoms with van der Waals surface area (Å²) in [6, 6.07) is 6.32. The fourth-order valence-electron chi connectivity index (χ4n) is 1.59. The summed E-state index contributed by atoms with van der Waals surface area (Å²) in [6.45, 7) is 1.23. The highest BCUT2D eigenvalue weighted by Crippen LogP contribution is 2.21. The summed E-state index contributed by atoms with van der Waals surface area (Å²) in [4.78, 5) is 0. The molecule has 8 heteroatoms. The van der Waals surface area contributed by atoms with Crippen molar-refractivity contribution in [2.75, 3.05) is 4.72 Å². The molecule has 6 nitrogen and oxygen atoms in total. The number of nitrogens with one attached hydrogen (secondary N) is 2. The Morgan fingerprint density at radius 1 is 1.47 bits per heavy atom. The summed E-state index contributed by atoms with van der Waals surface area (Å²) in [6.07, 6.45) is 0. The molecule has 102 valence electrons. The Morgan fingerprint density at radius 3 is 2.84 bits per heavy atom. The van der Waals surface area contributed by atoms with Crippen molar-refractivity contribution in [2.45, 2.75) is 18.6 Å². The van der Waals surface area contributed by atoms with Crippen molar-refractivity contribution in [1.82, 2.24) is 10.2 Å². The molecule has 0 unspecified atom stereocenters. The van der Waals surface area contributed by atoms with Crippen molar-refractivity contribution < 1.29 is 13.5 Å². The van der Waals surface area contributed by atoms with Gasteiger partial charge in [0.1, 0.15) is 0 Å². The van der Waals surface area contributed by atoms with Crippen molar-refractivity contribution in [2.24, 2.45) is 0 Å². The van der Waals surface area contributed by atoms with Gasteiger partial charge in [-0.15, -0.1) is 0 Å². The molecule has 0 saturated heterocycles. The molecule has 0 aliphatic rings. The Kier molecular flexibility index (Phi) is 3.79. The SMILES string of the molecule is Cc1[nH]nc(S(=O)(=O)Nc2cccc(Cl)c2)c1CO. The van der Waals surface area contributed by atoms with Gasteiger partial charge in [-0.1, -0.05) is 17.7 Å². The first-order valence-electron chi connectivity index (χ1n) is 5.37. The highest BCUT2D eigenvalue weighted by Gasteiger charge is 2.23. The molecule has 0 fully saturated rings. The molecular formula is C11H12ClN3O3S. The van der Waals surface area contributed by atoms with Crippen LogP contribution < -0.4 is 4.72 Å². The summed E-state index contributed by atoms with van der Waals surface area (Å²) < 4.78 is 26.7. The molecule has 2 rings (SSSR count). The third-order valence-electron chi connectivity index (χ3n) is 2.53. The summed E-state index contributed by atoms with van der Waals surface area (Å²) in [5.74, 6) is 0. The van der Waals surface area contributed by atoms with Gasteiger partial charge in [0, 0.05) is 16.3 Å². The van der Waals surface area contributed by atoms with Crippen molar-refractivity contribution in [3.8, 4) is 0 Å². The highest BCUT2D eigenvalue weighted by molar-refractivity contribution is 7.92. The minimum absolute atomic E-state index is 0.215. The van der Waals surface area contributed by atoms with E-state index in [9.17, 15) is 13.5 Å². The molecule has 1 aromatic heterocycles. The van der Waals surface area contributed by atoms with Crippen LogP contribution >= 0.6 is 11.6 Å². The number of nitrogens with zero attached hydrogens (tertiary/aromatic N) is 1. The Bertz CT molecular complexity index is 697. The zero-order valence-electron chi connectivity index (χ0n) is 10.0. The van der Waals surface area contributed by atoms with Crippen LogP contribution in [0.15, 0.2) is 29.3 Å². The van der Waals surface area contributed by atoms with Crippen LogP contribution in [0.1, 0.15) is 11.3 Å². The molecule has 1 heterocycles. The Balaban J connectivity index is 2.38. The molecule has 0 aliphatic heterocycles. The lowest BCUT2D eigenvalue weighted by Gasteiger charge is -2.07. The number of hydrogen-bond donors (Lipinski definition) is 3. The topological polar surface area (TPSA) is 95.1 Å². The number of anilines is 1. The normalized spacial score (nSPS) is 11.5. The van der Waals surface area contributed by atoms with Gasteiger partial charge >= 0.3 is 0 Å². The van der Waals surface area contributed by atoms with Crippen LogP contribution in [-0.2, 0) is 16.6 Å². The second-order valence-corrected chi connectivity index (χ2v) is 5.94. The maximum absolute atomic E-state index is 12.2. The lowest BCUT2D eigenvalue weighted by molar-refractivity contribution is 0.277. The second-order valence-electron chi connectivity index (χ2n) is 3.91. The predicted molar refractivity (Wildman–Crippen MR) is 71.5 cm³/mol. The van der Waals surface area contributed by atoms with Gasteiger partial charge in [-0.2, -0.15) is 13.5 Å². The van der Waals surface area contributed by atoms with Crippen molar-refractivity contribution in [3.05, 3.63) is 40.5 Å². The van der Waals surface area contributed by atoms with E-state index >= 15 is 0 Å². The van der Waals surface area contributed by atoms with Gasteiger partial charge in [0.05, 0.1) is 12.3 Å². The average molecular weight is 302 g/mol.